The minimum absolute atomic E-state index is 0. The highest BCUT2D eigenvalue weighted by molar-refractivity contribution is 6.05. The number of amides is 1. The smallest absolute Gasteiger partial charge is 0.345 e. The summed E-state index contributed by atoms with van der Waals surface area (Å²) in [5, 5.41) is 0.720. The van der Waals surface area contributed by atoms with Crippen molar-refractivity contribution >= 4 is 28.5 Å². The van der Waals surface area contributed by atoms with Gasteiger partial charge in [0.2, 0.25) is 0 Å². The molecule has 0 radical (unpaired) electrons. The summed E-state index contributed by atoms with van der Waals surface area (Å²) in [6, 6.07) is 16.6. The molecule has 5 rings (SSSR count). The summed E-state index contributed by atoms with van der Waals surface area (Å²) in [6.45, 7) is 7.61. The third kappa shape index (κ3) is 6.07. The third-order valence-corrected chi connectivity index (χ3v) is 6.49. The first-order valence-electron chi connectivity index (χ1n) is 13.1. The fourth-order valence-corrected chi connectivity index (χ4v) is 4.72. The van der Waals surface area contributed by atoms with Crippen molar-refractivity contribution < 1.29 is 23.1 Å². The number of pyridine rings is 1. The summed E-state index contributed by atoms with van der Waals surface area (Å²) in [5.41, 5.74) is 1.34. The van der Waals surface area contributed by atoms with Crippen molar-refractivity contribution in [1.82, 2.24) is 15.6 Å². The number of fused-ring (bicyclic) bond motifs is 1. The lowest BCUT2D eigenvalue weighted by molar-refractivity contribution is 0.0523. The van der Waals surface area contributed by atoms with Gasteiger partial charge < -0.3 is 29.7 Å². The van der Waals surface area contributed by atoms with Gasteiger partial charge in [-0.05, 0) is 42.8 Å². The van der Waals surface area contributed by atoms with E-state index in [2.05, 4.69) is 0 Å². The second-order valence-electron chi connectivity index (χ2n) is 8.74. The Morgan fingerprint density at radius 3 is 2.25 bits per heavy atom. The van der Waals surface area contributed by atoms with E-state index in [4.69, 9.17) is 9.15 Å². The Morgan fingerprint density at radius 2 is 1.62 bits per heavy atom. The molecule has 3 N–H and O–H groups in total. The minimum Gasteiger partial charge on any atom is -0.462 e. The normalized spacial score (nSPS) is 12.8. The van der Waals surface area contributed by atoms with Gasteiger partial charge in [-0.25, -0.2) is 9.18 Å². The zero-order chi connectivity index (χ0) is 27.9. The van der Waals surface area contributed by atoms with Crippen molar-refractivity contribution in [2.75, 3.05) is 37.7 Å². The number of benzene rings is 2. The van der Waals surface area contributed by atoms with E-state index >= 15 is 0 Å². The van der Waals surface area contributed by atoms with Crippen molar-refractivity contribution in [2.24, 2.45) is 0 Å². The Bertz CT molecular complexity index is 1490. The highest BCUT2D eigenvalue weighted by atomic mass is 19.1. The third-order valence-electron chi connectivity index (χ3n) is 6.49. The molecule has 0 bridgehead atoms. The Labute approximate surface area is 232 Å². The topological polar surface area (TPSA) is 120 Å². The number of hydrogen-bond acceptors (Lipinski definition) is 7. The lowest BCUT2D eigenvalue weighted by atomic mass is 10.0. The number of furan rings is 1. The quantitative estimate of drug-likeness (QED) is 0.331. The number of nitrogens with zero attached hydrogens (tertiary/aromatic N) is 3. The van der Waals surface area contributed by atoms with Crippen molar-refractivity contribution in [3.05, 3.63) is 100.0 Å². The van der Waals surface area contributed by atoms with E-state index in [0.29, 0.717) is 37.4 Å². The Hall–Kier alpha value is -4.44. The average molecular weight is 551 g/mol. The Kier molecular flexibility index (Phi) is 10.2. The first-order chi connectivity index (χ1) is 19.0. The molecule has 2 aromatic carbocycles. The van der Waals surface area contributed by atoms with Crippen LogP contribution in [-0.4, -0.2) is 54.1 Å². The molecule has 2 aromatic heterocycles. The average Bonchev–Trinajstić information content (AvgIpc) is 3.51. The van der Waals surface area contributed by atoms with Gasteiger partial charge in [0.15, 0.2) is 5.76 Å². The molecule has 1 saturated heterocycles. The van der Waals surface area contributed by atoms with Crippen molar-refractivity contribution in [3.8, 4) is 0 Å². The molecule has 10 heteroatoms. The van der Waals surface area contributed by atoms with Crippen LogP contribution < -0.4 is 16.6 Å². The predicted octanol–water partition coefficient (Wildman–Crippen LogP) is 5.11. The summed E-state index contributed by atoms with van der Waals surface area (Å²) in [6.07, 6.45) is 1.46. The van der Waals surface area contributed by atoms with Crippen LogP contribution in [0.25, 0.3) is 10.9 Å². The molecule has 4 aromatic rings. The van der Waals surface area contributed by atoms with E-state index in [1.807, 2.05) is 43.0 Å². The molecule has 40 heavy (non-hydrogen) atoms. The lowest BCUT2D eigenvalue weighted by Gasteiger charge is -2.37. The molecule has 0 unspecified atom stereocenters. The maximum absolute atomic E-state index is 13.8. The fourth-order valence-electron chi connectivity index (χ4n) is 4.72. The highest BCUT2D eigenvalue weighted by Gasteiger charge is 2.30. The van der Waals surface area contributed by atoms with E-state index < -0.39 is 11.5 Å². The summed E-state index contributed by atoms with van der Waals surface area (Å²) in [5.74, 6) is -0.993. The summed E-state index contributed by atoms with van der Waals surface area (Å²) >= 11 is 0. The van der Waals surface area contributed by atoms with Crippen LogP contribution in [0.5, 0.6) is 0 Å². The molecule has 1 amide bonds. The van der Waals surface area contributed by atoms with Crippen molar-refractivity contribution in [3.63, 3.8) is 0 Å². The van der Waals surface area contributed by atoms with Gasteiger partial charge in [0.1, 0.15) is 11.4 Å². The van der Waals surface area contributed by atoms with Gasteiger partial charge in [0, 0.05) is 31.6 Å². The number of aromatic nitrogens is 1. The molecule has 1 aliphatic heterocycles. The number of carbonyl (C=O) groups is 2. The molecule has 0 atom stereocenters. The summed E-state index contributed by atoms with van der Waals surface area (Å²) in [7, 11) is 0. The van der Waals surface area contributed by atoms with Gasteiger partial charge in [-0.1, -0.05) is 44.2 Å². The molecule has 1 aliphatic rings. The summed E-state index contributed by atoms with van der Waals surface area (Å²) < 4.78 is 25.5. The standard InChI is InChI=1S/C28H26FN3O5.C2H6.H3N/c1-2-36-28(35)24-25(30-13-15-31(16-14-30)26(33)23-8-5-17-37-23)21-6-3-4-7-22(21)32(27(24)34)18-19-9-11-20(29)12-10-19;1-2;/h3-12,17H,2,13-16,18H2,1H3;1-2H3;1H3. The van der Waals surface area contributed by atoms with Gasteiger partial charge in [-0.3, -0.25) is 9.59 Å². The van der Waals surface area contributed by atoms with E-state index in [1.165, 1.54) is 23.0 Å². The Morgan fingerprint density at radius 1 is 0.950 bits per heavy atom. The molecular weight excluding hydrogens is 515 g/mol. The number of anilines is 1. The maximum atomic E-state index is 13.8. The van der Waals surface area contributed by atoms with E-state index in [9.17, 15) is 18.8 Å². The van der Waals surface area contributed by atoms with Crippen LogP contribution in [0.4, 0.5) is 10.1 Å². The second-order valence-corrected chi connectivity index (χ2v) is 8.74. The zero-order valence-corrected chi connectivity index (χ0v) is 23.1. The van der Waals surface area contributed by atoms with Gasteiger partial charge in [0.25, 0.3) is 11.5 Å². The monoisotopic (exact) mass is 550 g/mol. The lowest BCUT2D eigenvalue weighted by Crippen LogP contribution is -2.49. The number of ether oxygens (including phenoxy) is 1. The maximum Gasteiger partial charge on any atom is 0.345 e. The minimum atomic E-state index is -0.699. The molecule has 1 fully saturated rings. The molecular formula is C30H35FN4O5. The highest BCUT2D eigenvalue weighted by Crippen LogP contribution is 2.31. The van der Waals surface area contributed by atoms with E-state index in [-0.39, 0.29) is 42.4 Å². The first kappa shape index (κ1) is 30.1. The van der Waals surface area contributed by atoms with Crippen LogP contribution in [0.15, 0.2) is 76.1 Å². The van der Waals surface area contributed by atoms with Crippen molar-refractivity contribution in [2.45, 2.75) is 27.3 Å². The van der Waals surface area contributed by atoms with Crippen LogP contribution >= 0.6 is 0 Å². The molecule has 9 nitrogen and oxygen atoms in total. The molecule has 212 valence electrons. The molecule has 0 spiro atoms. The molecule has 3 heterocycles. The Balaban J connectivity index is 0.00000144. The van der Waals surface area contributed by atoms with Crippen LogP contribution in [0.3, 0.4) is 0 Å². The van der Waals surface area contributed by atoms with E-state index in [0.717, 1.165) is 10.9 Å². The summed E-state index contributed by atoms with van der Waals surface area (Å²) in [4.78, 5) is 43.4. The SMILES string of the molecule is CC.CCOC(=O)c1c(N2CCN(C(=O)c3ccco3)CC2)c2ccccc2n(Cc2ccc(F)cc2)c1=O.N. The number of carbonyl (C=O) groups excluding carboxylic acids is 2. The number of para-hydroxylation sites is 1. The predicted molar refractivity (Wildman–Crippen MR) is 153 cm³/mol. The number of rotatable bonds is 6. The first-order valence-corrected chi connectivity index (χ1v) is 13.1. The van der Waals surface area contributed by atoms with Crippen LogP contribution in [0.2, 0.25) is 0 Å². The van der Waals surface area contributed by atoms with Crippen LogP contribution in [-0.2, 0) is 11.3 Å². The number of piperazine rings is 1. The van der Waals surface area contributed by atoms with Gasteiger partial charge in [-0.15, -0.1) is 0 Å². The van der Waals surface area contributed by atoms with Crippen LogP contribution in [0, 0.1) is 5.82 Å². The van der Waals surface area contributed by atoms with Gasteiger partial charge in [-0.2, -0.15) is 0 Å². The van der Waals surface area contributed by atoms with Crippen LogP contribution in [0.1, 0.15) is 47.2 Å². The van der Waals surface area contributed by atoms with Gasteiger partial charge in [0.05, 0.1) is 30.6 Å². The van der Waals surface area contributed by atoms with Crippen molar-refractivity contribution in [1.29, 1.82) is 0 Å². The number of halogens is 1. The van der Waals surface area contributed by atoms with E-state index in [1.54, 1.807) is 36.1 Å². The largest absolute Gasteiger partial charge is 0.462 e. The zero-order valence-electron chi connectivity index (χ0n) is 23.1. The molecule has 0 aliphatic carbocycles. The second kappa shape index (κ2) is 13.6. The number of hydrogen-bond donors (Lipinski definition) is 1. The van der Waals surface area contributed by atoms with Gasteiger partial charge >= 0.3 is 5.97 Å². The number of esters is 1. The fraction of sp³-hybridized carbons (Fsp3) is 0.300. The molecule has 0 saturated carbocycles.